The Morgan fingerprint density at radius 2 is 1.61 bits per heavy atom. The smallest absolute Gasteiger partial charge is 0.0355 e. The van der Waals surface area contributed by atoms with Crippen LogP contribution >= 0.6 is 0 Å². The van der Waals surface area contributed by atoms with Crippen molar-refractivity contribution in [3.05, 3.63) is 59.2 Å². The van der Waals surface area contributed by atoms with Gasteiger partial charge in [-0.15, -0.1) is 0 Å². The van der Waals surface area contributed by atoms with Crippen molar-refractivity contribution in [2.75, 3.05) is 0 Å². The van der Waals surface area contributed by atoms with Crippen molar-refractivity contribution in [1.29, 1.82) is 5.41 Å². The van der Waals surface area contributed by atoms with Crippen LogP contribution in [-0.4, -0.2) is 5.71 Å². The van der Waals surface area contributed by atoms with Gasteiger partial charge in [-0.3, -0.25) is 0 Å². The molecule has 92 valence electrons. The van der Waals surface area contributed by atoms with Crippen LogP contribution in [0.5, 0.6) is 0 Å². The molecule has 1 heteroatoms. The molecule has 3 rings (SSSR count). The average molecular weight is 237 g/mol. The van der Waals surface area contributed by atoms with E-state index in [-0.39, 0.29) is 0 Å². The van der Waals surface area contributed by atoms with Gasteiger partial charge in [0.1, 0.15) is 0 Å². The Bertz CT molecular complexity index is 582. The van der Waals surface area contributed by atoms with Crippen molar-refractivity contribution < 1.29 is 0 Å². The van der Waals surface area contributed by atoms with Gasteiger partial charge >= 0.3 is 0 Å². The van der Waals surface area contributed by atoms with Gasteiger partial charge in [0.05, 0.1) is 0 Å². The lowest BCUT2D eigenvalue weighted by Gasteiger charge is -2.03. The predicted octanol–water partition coefficient (Wildman–Crippen LogP) is 4.67. The maximum absolute atomic E-state index is 7.66. The number of hydrogen-bond acceptors (Lipinski definition) is 1. The predicted molar refractivity (Wildman–Crippen MR) is 78.5 cm³/mol. The van der Waals surface area contributed by atoms with Gasteiger partial charge in [0.25, 0.3) is 0 Å². The fraction of sp³-hybridized carbons (Fsp3) is 0.235. The van der Waals surface area contributed by atoms with Crippen LogP contribution in [0.2, 0.25) is 0 Å². The molecular weight excluding hydrogens is 218 g/mol. The maximum Gasteiger partial charge on any atom is 0.0355 e. The van der Waals surface area contributed by atoms with Crippen molar-refractivity contribution in [3.63, 3.8) is 0 Å². The number of nitrogens with one attached hydrogen (secondary N) is 1. The van der Waals surface area contributed by atoms with E-state index in [1.807, 2.05) is 26.8 Å². The molecule has 1 N–H and O–H groups in total. The summed E-state index contributed by atoms with van der Waals surface area (Å²) in [5, 5.41) is 7.66. The molecule has 0 bridgehead atoms. The van der Waals surface area contributed by atoms with Crippen LogP contribution in [0.1, 0.15) is 37.5 Å². The first-order valence-corrected chi connectivity index (χ1v) is 6.52. The van der Waals surface area contributed by atoms with E-state index in [0.29, 0.717) is 5.71 Å². The zero-order chi connectivity index (χ0) is 13.1. The van der Waals surface area contributed by atoms with E-state index in [4.69, 9.17) is 5.41 Å². The number of rotatable bonds is 1. The molecule has 0 spiro atoms. The van der Waals surface area contributed by atoms with Crippen LogP contribution in [0.25, 0.3) is 11.1 Å². The number of fused-ring (bicyclic) bond motifs is 3. The van der Waals surface area contributed by atoms with Crippen molar-refractivity contribution in [1.82, 2.24) is 0 Å². The Hall–Kier alpha value is -1.89. The number of benzene rings is 2. The van der Waals surface area contributed by atoms with Gasteiger partial charge in [-0.2, -0.15) is 0 Å². The van der Waals surface area contributed by atoms with Gasteiger partial charge in [-0.25, -0.2) is 0 Å². The number of hydrogen-bond donors (Lipinski definition) is 1. The summed E-state index contributed by atoms with van der Waals surface area (Å²) in [7, 11) is 0. The molecule has 0 unspecified atom stereocenters. The largest absolute Gasteiger partial charge is 0.305 e. The van der Waals surface area contributed by atoms with Gasteiger partial charge in [-0.1, -0.05) is 50.2 Å². The molecule has 18 heavy (non-hydrogen) atoms. The Balaban J connectivity index is 0.000000574. The van der Waals surface area contributed by atoms with Crippen LogP contribution in [0.4, 0.5) is 0 Å². The Kier molecular flexibility index (Phi) is 3.61. The first kappa shape index (κ1) is 12.6. The first-order chi connectivity index (χ1) is 8.75. The first-order valence-electron chi connectivity index (χ1n) is 6.52. The van der Waals surface area contributed by atoms with E-state index >= 15 is 0 Å². The Labute approximate surface area is 109 Å². The second-order valence-electron chi connectivity index (χ2n) is 4.33. The second-order valence-corrected chi connectivity index (χ2v) is 4.33. The molecule has 1 aliphatic carbocycles. The molecule has 0 amide bonds. The van der Waals surface area contributed by atoms with Gasteiger partial charge in [0.2, 0.25) is 0 Å². The lowest BCUT2D eigenvalue weighted by Crippen LogP contribution is -1.93. The molecule has 1 aliphatic rings. The standard InChI is InChI=1S/C15H13N.C2H6/c1-10(16)11-6-7-15-13(8-11)9-12-4-2-3-5-14(12)15;1-2/h2-8,16H,9H2,1H3;1-2H3. The van der Waals surface area contributed by atoms with Crippen LogP contribution in [-0.2, 0) is 6.42 Å². The van der Waals surface area contributed by atoms with E-state index in [1.165, 1.54) is 22.3 Å². The molecule has 0 aromatic heterocycles. The molecule has 0 aliphatic heterocycles. The Morgan fingerprint density at radius 3 is 2.33 bits per heavy atom. The molecule has 0 saturated heterocycles. The molecule has 0 fully saturated rings. The molecule has 0 atom stereocenters. The van der Waals surface area contributed by atoms with Crippen molar-refractivity contribution >= 4 is 5.71 Å². The highest BCUT2D eigenvalue weighted by atomic mass is 14.4. The SMILES string of the molecule is CC.CC(=N)c1ccc2c(c1)Cc1ccccc1-2. The van der Waals surface area contributed by atoms with E-state index in [2.05, 4.69) is 36.4 Å². The molecule has 2 aromatic rings. The van der Waals surface area contributed by atoms with Gasteiger partial charge < -0.3 is 5.41 Å². The van der Waals surface area contributed by atoms with Gasteiger partial charge in [0, 0.05) is 5.71 Å². The van der Waals surface area contributed by atoms with Crippen LogP contribution < -0.4 is 0 Å². The zero-order valence-electron chi connectivity index (χ0n) is 11.2. The lowest BCUT2D eigenvalue weighted by molar-refractivity contribution is 1.26. The monoisotopic (exact) mass is 237 g/mol. The summed E-state index contributed by atoms with van der Waals surface area (Å²) in [5.74, 6) is 0. The summed E-state index contributed by atoms with van der Waals surface area (Å²) in [6.45, 7) is 5.84. The van der Waals surface area contributed by atoms with Crippen LogP contribution in [0, 0.1) is 5.41 Å². The van der Waals surface area contributed by atoms with Gasteiger partial charge in [-0.05, 0) is 47.2 Å². The summed E-state index contributed by atoms with van der Waals surface area (Å²) in [5.41, 5.74) is 7.11. The highest BCUT2D eigenvalue weighted by Crippen LogP contribution is 2.36. The summed E-state index contributed by atoms with van der Waals surface area (Å²) in [6.07, 6.45) is 1.01. The van der Waals surface area contributed by atoms with Crippen LogP contribution in [0.15, 0.2) is 42.5 Å². The lowest BCUT2D eigenvalue weighted by atomic mass is 10.0. The third-order valence-corrected chi connectivity index (χ3v) is 3.23. The molecule has 1 nitrogen and oxygen atoms in total. The minimum absolute atomic E-state index is 0.638. The third kappa shape index (κ3) is 2.08. The Morgan fingerprint density at radius 1 is 0.944 bits per heavy atom. The minimum Gasteiger partial charge on any atom is -0.305 e. The van der Waals surface area contributed by atoms with Gasteiger partial charge in [0.15, 0.2) is 0 Å². The summed E-state index contributed by atoms with van der Waals surface area (Å²) >= 11 is 0. The molecule has 0 heterocycles. The highest BCUT2D eigenvalue weighted by molar-refractivity contribution is 5.97. The maximum atomic E-state index is 7.66. The second kappa shape index (κ2) is 5.18. The summed E-state index contributed by atoms with van der Waals surface area (Å²) in [6, 6.07) is 14.9. The fourth-order valence-corrected chi connectivity index (χ4v) is 2.38. The topological polar surface area (TPSA) is 23.9 Å². The summed E-state index contributed by atoms with van der Waals surface area (Å²) in [4.78, 5) is 0. The average Bonchev–Trinajstić information content (AvgIpc) is 2.78. The van der Waals surface area contributed by atoms with E-state index < -0.39 is 0 Å². The zero-order valence-corrected chi connectivity index (χ0v) is 11.2. The van der Waals surface area contributed by atoms with Crippen molar-refractivity contribution in [2.45, 2.75) is 27.2 Å². The van der Waals surface area contributed by atoms with Crippen molar-refractivity contribution in [2.24, 2.45) is 0 Å². The minimum atomic E-state index is 0.638. The molecule has 0 radical (unpaired) electrons. The van der Waals surface area contributed by atoms with Crippen molar-refractivity contribution in [3.8, 4) is 11.1 Å². The quantitative estimate of drug-likeness (QED) is 0.595. The molecular formula is C17H19N. The molecule has 2 aromatic carbocycles. The highest BCUT2D eigenvalue weighted by Gasteiger charge is 2.17. The van der Waals surface area contributed by atoms with Crippen LogP contribution in [0.3, 0.4) is 0 Å². The normalized spacial score (nSPS) is 11.1. The third-order valence-electron chi connectivity index (χ3n) is 3.23. The summed E-state index contributed by atoms with van der Waals surface area (Å²) < 4.78 is 0. The van der Waals surface area contributed by atoms with E-state index in [0.717, 1.165) is 12.0 Å². The fourth-order valence-electron chi connectivity index (χ4n) is 2.38. The van der Waals surface area contributed by atoms with E-state index in [9.17, 15) is 0 Å². The van der Waals surface area contributed by atoms with E-state index in [1.54, 1.807) is 0 Å². The molecule has 0 saturated carbocycles.